The molecule has 1 amide bonds. The lowest BCUT2D eigenvalue weighted by atomic mass is 10.2. The molecule has 23 heavy (non-hydrogen) atoms. The van der Waals surface area contributed by atoms with Crippen LogP contribution in [0.3, 0.4) is 0 Å². The Morgan fingerprint density at radius 1 is 1.17 bits per heavy atom. The van der Waals surface area contributed by atoms with Crippen LogP contribution >= 0.6 is 11.8 Å². The Morgan fingerprint density at radius 3 is 2.65 bits per heavy atom. The number of nitrogens with one attached hydrogen (secondary N) is 1. The third-order valence-corrected chi connectivity index (χ3v) is 5.30. The van der Waals surface area contributed by atoms with Gasteiger partial charge in [-0.3, -0.25) is 14.5 Å². The molecule has 1 N–H and O–H groups in total. The molecule has 0 saturated carbocycles. The number of carbonyl (C=O) groups is 2. The van der Waals surface area contributed by atoms with Gasteiger partial charge < -0.3 is 10.2 Å². The summed E-state index contributed by atoms with van der Waals surface area (Å²) in [5.41, 5.74) is 0. The van der Waals surface area contributed by atoms with E-state index in [1.807, 2.05) is 18.3 Å². The largest absolute Gasteiger partial charge is 0.354 e. The molecule has 0 aliphatic carbocycles. The summed E-state index contributed by atoms with van der Waals surface area (Å²) < 4.78 is 0. The highest BCUT2D eigenvalue weighted by molar-refractivity contribution is 8.16. The van der Waals surface area contributed by atoms with E-state index in [0.717, 1.165) is 69.6 Å². The number of aromatic nitrogens is 1. The van der Waals surface area contributed by atoms with Gasteiger partial charge in [-0.1, -0.05) is 17.8 Å². The second kappa shape index (κ2) is 7.79. The zero-order valence-corrected chi connectivity index (χ0v) is 13.9. The second-order valence-electron chi connectivity index (χ2n) is 5.88. The highest BCUT2D eigenvalue weighted by Crippen LogP contribution is 2.21. The first-order valence-electron chi connectivity index (χ1n) is 8.12. The fourth-order valence-electron chi connectivity index (χ4n) is 2.95. The molecule has 2 fully saturated rings. The van der Waals surface area contributed by atoms with Gasteiger partial charge in [0.25, 0.3) is 11.0 Å². The SMILES string of the molecule is O=C1NC(CCCCN2CCN(c3ccccn3)CC2)SC1=O. The molecule has 0 aromatic carbocycles. The fraction of sp³-hybridized carbons (Fsp3) is 0.562. The smallest absolute Gasteiger partial charge is 0.299 e. The first kappa shape index (κ1) is 16.3. The molecule has 2 aliphatic heterocycles. The Hall–Kier alpha value is -1.60. The van der Waals surface area contributed by atoms with Crippen molar-refractivity contribution in [2.24, 2.45) is 0 Å². The van der Waals surface area contributed by atoms with Crippen LogP contribution in [0, 0.1) is 0 Å². The van der Waals surface area contributed by atoms with E-state index in [4.69, 9.17) is 0 Å². The third kappa shape index (κ3) is 4.45. The van der Waals surface area contributed by atoms with E-state index in [9.17, 15) is 9.59 Å². The van der Waals surface area contributed by atoms with Crippen LogP contribution in [-0.4, -0.2) is 59.0 Å². The number of hydrogen-bond acceptors (Lipinski definition) is 6. The van der Waals surface area contributed by atoms with Gasteiger partial charge in [0.1, 0.15) is 5.82 Å². The van der Waals surface area contributed by atoms with Gasteiger partial charge in [0.05, 0.1) is 5.37 Å². The van der Waals surface area contributed by atoms with E-state index < -0.39 is 5.91 Å². The zero-order chi connectivity index (χ0) is 16.1. The standard InChI is InChI=1S/C16H22N4O2S/c21-15-16(22)23-14(18-15)6-2-4-8-19-9-11-20(12-10-19)13-5-1-3-7-17-13/h1,3,5,7,14H,2,4,6,8-12H2,(H,18,21). The Kier molecular flexibility index (Phi) is 5.51. The number of anilines is 1. The molecule has 0 bridgehead atoms. The van der Waals surface area contributed by atoms with Crippen LogP contribution in [-0.2, 0) is 9.59 Å². The van der Waals surface area contributed by atoms with Crippen molar-refractivity contribution in [3.8, 4) is 0 Å². The fourth-order valence-corrected chi connectivity index (χ4v) is 3.83. The van der Waals surface area contributed by atoms with Crippen molar-refractivity contribution in [3.63, 3.8) is 0 Å². The summed E-state index contributed by atoms with van der Waals surface area (Å²) in [6.07, 6.45) is 4.85. The number of hydrogen-bond donors (Lipinski definition) is 1. The van der Waals surface area contributed by atoms with Gasteiger partial charge in [0.2, 0.25) is 0 Å². The lowest BCUT2D eigenvalue weighted by Crippen LogP contribution is -2.46. The Labute approximate surface area is 140 Å². The van der Waals surface area contributed by atoms with E-state index in [-0.39, 0.29) is 10.5 Å². The Bertz CT molecular complexity index is 530. The molecule has 0 spiro atoms. The van der Waals surface area contributed by atoms with Gasteiger partial charge in [-0.25, -0.2) is 4.98 Å². The Balaban J connectivity index is 1.31. The minimum atomic E-state index is -0.439. The molecule has 0 radical (unpaired) electrons. The molecule has 6 nitrogen and oxygen atoms in total. The van der Waals surface area contributed by atoms with E-state index in [1.54, 1.807) is 0 Å². The molecule has 1 atom stereocenters. The monoisotopic (exact) mass is 334 g/mol. The molecule has 1 unspecified atom stereocenters. The van der Waals surface area contributed by atoms with Crippen LogP contribution in [0.25, 0.3) is 0 Å². The van der Waals surface area contributed by atoms with Crippen molar-refractivity contribution in [2.45, 2.75) is 24.6 Å². The summed E-state index contributed by atoms with van der Waals surface area (Å²) in [4.78, 5) is 31.5. The van der Waals surface area contributed by atoms with Gasteiger partial charge >= 0.3 is 0 Å². The Morgan fingerprint density at radius 2 is 2.00 bits per heavy atom. The summed E-state index contributed by atoms with van der Waals surface area (Å²) in [6.45, 7) is 5.23. The summed E-state index contributed by atoms with van der Waals surface area (Å²) in [6, 6.07) is 6.03. The van der Waals surface area contributed by atoms with Crippen molar-refractivity contribution < 1.29 is 9.59 Å². The van der Waals surface area contributed by atoms with Crippen molar-refractivity contribution in [1.29, 1.82) is 0 Å². The highest BCUT2D eigenvalue weighted by atomic mass is 32.2. The van der Waals surface area contributed by atoms with Crippen LogP contribution in [0.15, 0.2) is 24.4 Å². The maximum atomic E-state index is 11.1. The topological polar surface area (TPSA) is 65.5 Å². The van der Waals surface area contributed by atoms with Crippen molar-refractivity contribution >= 4 is 28.6 Å². The number of pyridine rings is 1. The number of thioether (sulfide) groups is 1. The lowest BCUT2D eigenvalue weighted by molar-refractivity contribution is -0.132. The van der Waals surface area contributed by atoms with Crippen molar-refractivity contribution in [1.82, 2.24) is 15.2 Å². The van der Waals surface area contributed by atoms with Crippen molar-refractivity contribution in [2.75, 3.05) is 37.6 Å². The van der Waals surface area contributed by atoms with E-state index in [0.29, 0.717) is 0 Å². The maximum Gasteiger partial charge on any atom is 0.299 e. The quantitative estimate of drug-likeness (QED) is 0.621. The number of amides is 1. The number of nitrogens with zero attached hydrogens (tertiary/aromatic N) is 3. The molecule has 1 aromatic heterocycles. The number of piperazine rings is 1. The van der Waals surface area contributed by atoms with Crippen LogP contribution in [0.1, 0.15) is 19.3 Å². The highest BCUT2D eigenvalue weighted by Gasteiger charge is 2.29. The third-order valence-electron chi connectivity index (χ3n) is 4.26. The van der Waals surface area contributed by atoms with Gasteiger partial charge in [0.15, 0.2) is 0 Å². The molecular formula is C16H22N4O2S. The summed E-state index contributed by atoms with van der Waals surface area (Å²) in [5.74, 6) is 0.622. The molecule has 124 valence electrons. The number of unbranched alkanes of at least 4 members (excludes halogenated alkanes) is 1. The minimum absolute atomic E-state index is 0.0176. The molecule has 7 heteroatoms. The molecular weight excluding hydrogens is 312 g/mol. The van der Waals surface area contributed by atoms with Crippen LogP contribution < -0.4 is 10.2 Å². The minimum Gasteiger partial charge on any atom is -0.354 e. The van der Waals surface area contributed by atoms with Gasteiger partial charge in [-0.2, -0.15) is 0 Å². The van der Waals surface area contributed by atoms with Crippen LogP contribution in [0.2, 0.25) is 0 Å². The average molecular weight is 334 g/mol. The van der Waals surface area contributed by atoms with E-state index >= 15 is 0 Å². The second-order valence-corrected chi connectivity index (χ2v) is 7.06. The van der Waals surface area contributed by atoms with Gasteiger partial charge in [0, 0.05) is 32.4 Å². The normalized spacial score (nSPS) is 22.4. The molecule has 3 heterocycles. The van der Waals surface area contributed by atoms with Crippen LogP contribution in [0.4, 0.5) is 5.82 Å². The maximum absolute atomic E-state index is 11.1. The lowest BCUT2D eigenvalue weighted by Gasteiger charge is -2.35. The summed E-state index contributed by atoms with van der Waals surface area (Å²) in [5, 5.41) is 2.35. The molecule has 3 rings (SSSR count). The summed E-state index contributed by atoms with van der Waals surface area (Å²) >= 11 is 1.13. The van der Waals surface area contributed by atoms with E-state index in [2.05, 4.69) is 26.2 Å². The average Bonchev–Trinajstić information content (AvgIpc) is 2.91. The van der Waals surface area contributed by atoms with E-state index in [1.165, 1.54) is 0 Å². The zero-order valence-electron chi connectivity index (χ0n) is 13.1. The predicted molar refractivity (Wildman–Crippen MR) is 91.3 cm³/mol. The van der Waals surface area contributed by atoms with Crippen molar-refractivity contribution in [3.05, 3.63) is 24.4 Å². The van der Waals surface area contributed by atoms with Crippen LogP contribution in [0.5, 0.6) is 0 Å². The predicted octanol–water partition coefficient (Wildman–Crippen LogP) is 1.09. The number of rotatable bonds is 6. The van der Waals surface area contributed by atoms with Gasteiger partial charge in [-0.15, -0.1) is 0 Å². The van der Waals surface area contributed by atoms with Gasteiger partial charge in [-0.05, 0) is 37.9 Å². The molecule has 1 aromatic rings. The first-order chi connectivity index (χ1) is 11.2. The molecule has 2 saturated heterocycles. The number of carbonyl (C=O) groups excluding carboxylic acids is 2. The molecule has 2 aliphatic rings. The summed E-state index contributed by atoms with van der Waals surface area (Å²) in [7, 11) is 0. The first-order valence-corrected chi connectivity index (χ1v) is 9.00.